The molecule has 0 atom stereocenters. The van der Waals surface area contributed by atoms with Crippen molar-refractivity contribution < 1.29 is 19.1 Å². The molecule has 1 spiro atoms. The molecule has 146 valence electrons. The van der Waals surface area contributed by atoms with E-state index in [4.69, 9.17) is 9.47 Å². The van der Waals surface area contributed by atoms with Crippen LogP contribution >= 0.6 is 22.6 Å². The molecular formula is C22H22INO4. The normalized spacial score (nSPS) is 31.9. The van der Waals surface area contributed by atoms with Crippen molar-refractivity contribution in [3.63, 3.8) is 0 Å². The van der Waals surface area contributed by atoms with E-state index in [2.05, 4.69) is 39.7 Å². The zero-order valence-electron chi connectivity index (χ0n) is 15.5. The summed E-state index contributed by atoms with van der Waals surface area (Å²) in [4.78, 5) is 27.2. The lowest BCUT2D eigenvalue weighted by Gasteiger charge is -2.59. The first-order valence-electron chi connectivity index (χ1n) is 9.95. The van der Waals surface area contributed by atoms with Gasteiger partial charge in [-0.25, -0.2) is 0 Å². The summed E-state index contributed by atoms with van der Waals surface area (Å²) >= 11 is 2.30. The Hall–Kier alpha value is -1.70. The van der Waals surface area contributed by atoms with Crippen LogP contribution in [0.2, 0.25) is 0 Å². The van der Waals surface area contributed by atoms with E-state index in [-0.39, 0.29) is 18.3 Å². The molecule has 1 aromatic carbocycles. The summed E-state index contributed by atoms with van der Waals surface area (Å²) in [6.07, 6.45) is 9.13. The number of aromatic nitrogens is 1. The van der Waals surface area contributed by atoms with Gasteiger partial charge in [-0.05, 0) is 71.9 Å². The molecule has 4 saturated carbocycles. The Morgan fingerprint density at radius 3 is 2.11 bits per heavy atom. The van der Waals surface area contributed by atoms with Crippen LogP contribution in [0.1, 0.15) is 38.5 Å². The number of hydrogen-bond acceptors (Lipinski definition) is 5. The second-order valence-corrected chi connectivity index (χ2v) is 9.66. The molecule has 0 amide bonds. The second-order valence-electron chi connectivity index (χ2n) is 8.49. The molecule has 0 N–H and O–H groups in total. The van der Waals surface area contributed by atoms with E-state index < -0.39 is 17.7 Å². The summed E-state index contributed by atoms with van der Waals surface area (Å²) in [7, 11) is 0. The minimum atomic E-state index is -0.875. The summed E-state index contributed by atoms with van der Waals surface area (Å²) in [6, 6.07) is 8.26. The van der Waals surface area contributed by atoms with Crippen molar-refractivity contribution in [2.75, 3.05) is 0 Å². The van der Waals surface area contributed by atoms with E-state index >= 15 is 0 Å². The second kappa shape index (κ2) is 6.97. The van der Waals surface area contributed by atoms with Crippen molar-refractivity contribution in [1.29, 1.82) is 0 Å². The zero-order valence-corrected chi connectivity index (χ0v) is 17.6. The summed E-state index contributed by atoms with van der Waals surface area (Å²) in [5, 5.41) is 2.49. The number of ether oxygens (including phenoxy) is 2. The van der Waals surface area contributed by atoms with Gasteiger partial charge >= 0.3 is 11.9 Å². The first kappa shape index (κ1) is 18.3. The van der Waals surface area contributed by atoms with Crippen LogP contribution in [0.25, 0.3) is 10.8 Å². The first-order chi connectivity index (χ1) is 13.5. The van der Waals surface area contributed by atoms with Gasteiger partial charge in [-0.3, -0.25) is 14.6 Å². The molecule has 7 rings (SSSR count). The first-order valence-corrected chi connectivity index (χ1v) is 11.0. The van der Waals surface area contributed by atoms with Crippen molar-refractivity contribution in [3.8, 4) is 0 Å². The number of hydrogen-bond donors (Lipinski definition) is 0. The molecule has 2 heterocycles. The minimum absolute atomic E-state index is 0.214. The predicted octanol–water partition coefficient (Wildman–Crippen LogP) is 4.47. The molecule has 5 aliphatic rings. The molecule has 1 aromatic heterocycles. The third-order valence-corrected chi connectivity index (χ3v) is 7.59. The van der Waals surface area contributed by atoms with Gasteiger partial charge < -0.3 is 9.47 Å². The number of pyridine rings is 1. The summed E-state index contributed by atoms with van der Waals surface area (Å²) in [6.45, 7) is 0. The fraction of sp³-hybridized carbons (Fsp3) is 0.500. The smallest absolute Gasteiger partial charge is 0.320 e. The highest BCUT2D eigenvalue weighted by Crippen LogP contribution is 2.60. The maximum absolute atomic E-state index is 11.5. The molecule has 5 nitrogen and oxygen atoms in total. The number of esters is 2. The fourth-order valence-corrected chi connectivity index (χ4v) is 6.47. The molecule has 6 heteroatoms. The third-order valence-electron chi connectivity index (χ3n) is 6.73. The highest BCUT2D eigenvalue weighted by molar-refractivity contribution is 14.1. The van der Waals surface area contributed by atoms with Gasteiger partial charge in [0.15, 0.2) is 0 Å². The minimum Gasteiger partial charge on any atom is -0.421 e. The van der Waals surface area contributed by atoms with E-state index in [9.17, 15) is 9.59 Å². The van der Waals surface area contributed by atoms with E-state index in [1.165, 1.54) is 20.8 Å². The summed E-state index contributed by atoms with van der Waals surface area (Å²) in [5.74, 6) is 0.381. The molecule has 5 fully saturated rings. The number of fused-ring (bicyclic) bond motifs is 1. The van der Waals surface area contributed by atoms with Gasteiger partial charge in [0.1, 0.15) is 6.42 Å². The maximum atomic E-state index is 11.5. The van der Waals surface area contributed by atoms with Gasteiger partial charge in [-0.1, -0.05) is 24.3 Å². The van der Waals surface area contributed by atoms with Crippen molar-refractivity contribution >= 4 is 45.3 Å². The van der Waals surface area contributed by atoms with E-state index in [1.807, 2.05) is 24.5 Å². The summed E-state index contributed by atoms with van der Waals surface area (Å²) in [5.41, 5.74) is 0. The van der Waals surface area contributed by atoms with Crippen molar-refractivity contribution in [2.45, 2.75) is 44.3 Å². The average Bonchev–Trinajstić information content (AvgIpc) is 2.66. The molecule has 28 heavy (non-hydrogen) atoms. The van der Waals surface area contributed by atoms with Crippen LogP contribution in [0.3, 0.4) is 0 Å². The lowest BCUT2D eigenvalue weighted by molar-refractivity contribution is -0.319. The number of carbonyl (C=O) groups is 2. The number of benzene rings is 1. The number of carbonyl (C=O) groups excluding carboxylic acids is 2. The molecule has 1 saturated heterocycles. The Balaban J connectivity index is 0.000000135. The van der Waals surface area contributed by atoms with Gasteiger partial charge in [0.25, 0.3) is 5.79 Å². The molecule has 1 aliphatic heterocycles. The van der Waals surface area contributed by atoms with Gasteiger partial charge in [0.2, 0.25) is 0 Å². The van der Waals surface area contributed by atoms with Crippen LogP contribution in [0.5, 0.6) is 0 Å². The Kier molecular flexibility index (Phi) is 4.56. The van der Waals surface area contributed by atoms with Gasteiger partial charge in [0, 0.05) is 33.2 Å². The van der Waals surface area contributed by atoms with Crippen LogP contribution < -0.4 is 0 Å². The topological polar surface area (TPSA) is 65.5 Å². The van der Waals surface area contributed by atoms with Crippen molar-refractivity contribution in [3.05, 3.63) is 40.2 Å². The third kappa shape index (κ3) is 3.09. The molecule has 2 aromatic rings. The monoisotopic (exact) mass is 491 g/mol. The van der Waals surface area contributed by atoms with Gasteiger partial charge in [-0.15, -0.1) is 0 Å². The highest BCUT2D eigenvalue weighted by atomic mass is 127. The standard InChI is InChI=1S/C13H16O4.C9H6IN/c14-11-6-12(15)17-13(16-11)9-2-7-1-8(4-9)5-10(13)3-7;10-9-6-11-5-7-3-1-2-4-8(7)9/h7-10H,1-6H2;1-6H. The lowest BCUT2D eigenvalue weighted by Crippen LogP contribution is -2.63. The van der Waals surface area contributed by atoms with Crippen molar-refractivity contribution in [2.24, 2.45) is 23.7 Å². The Labute approximate surface area is 177 Å². The van der Waals surface area contributed by atoms with E-state index in [1.54, 1.807) is 0 Å². The van der Waals surface area contributed by atoms with Gasteiger partial charge in [-0.2, -0.15) is 0 Å². The maximum Gasteiger partial charge on any atom is 0.320 e. The molecular weight excluding hydrogens is 469 g/mol. The van der Waals surface area contributed by atoms with E-state index in [0.717, 1.165) is 37.5 Å². The molecule has 4 aliphatic carbocycles. The number of nitrogens with zero attached hydrogens (tertiary/aromatic N) is 1. The number of rotatable bonds is 0. The highest BCUT2D eigenvalue weighted by Gasteiger charge is 2.63. The Morgan fingerprint density at radius 1 is 0.893 bits per heavy atom. The van der Waals surface area contributed by atoms with Gasteiger partial charge in [0.05, 0.1) is 0 Å². The summed E-state index contributed by atoms with van der Waals surface area (Å²) < 4.78 is 12.3. The largest absolute Gasteiger partial charge is 0.421 e. The van der Waals surface area contributed by atoms with Crippen LogP contribution in [-0.4, -0.2) is 22.7 Å². The fourth-order valence-electron chi connectivity index (χ4n) is 5.82. The molecule has 4 bridgehead atoms. The van der Waals surface area contributed by atoms with Crippen molar-refractivity contribution in [1.82, 2.24) is 4.98 Å². The zero-order chi connectivity index (χ0) is 19.3. The lowest BCUT2D eigenvalue weighted by atomic mass is 9.53. The van der Waals surface area contributed by atoms with E-state index in [0.29, 0.717) is 0 Å². The van der Waals surface area contributed by atoms with Crippen LogP contribution in [0.4, 0.5) is 0 Å². The predicted molar refractivity (Wildman–Crippen MR) is 111 cm³/mol. The Morgan fingerprint density at radius 2 is 1.50 bits per heavy atom. The SMILES string of the molecule is Ic1cncc2ccccc12.O=C1CC(=O)OC2(O1)C1CC3CC(C1)CC2C3. The quantitative estimate of drug-likeness (QED) is 0.309. The number of halogens is 1. The van der Waals surface area contributed by atoms with Crippen LogP contribution in [0, 0.1) is 27.2 Å². The average molecular weight is 491 g/mol. The van der Waals surface area contributed by atoms with Crippen LogP contribution in [0.15, 0.2) is 36.7 Å². The molecule has 0 radical (unpaired) electrons. The van der Waals surface area contributed by atoms with Crippen LogP contribution in [-0.2, 0) is 19.1 Å². The Bertz CT molecular complexity index is 892. The molecule has 0 unspecified atom stereocenters.